The fourth-order valence-corrected chi connectivity index (χ4v) is 6.05. The minimum Gasteiger partial charge on any atom is -0.481 e. The summed E-state index contributed by atoms with van der Waals surface area (Å²) >= 11 is 0. The molecule has 8 nitrogen and oxygen atoms in total. The van der Waals surface area contributed by atoms with Gasteiger partial charge < -0.3 is 25.4 Å². The van der Waals surface area contributed by atoms with Crippen LogP contribution in [-0.4, -0.2) is 57.9 Å². The Bertz CT molecular complexity index is 1230. The van der Waals surface area contributed by atoms with Crippen LogP contribution in [0.15, 0.2) is 48.5 Å². The van der Waals surface area contributed by atoms with E-state index in [0.717, 1.165) is 67.9 Å². The molecule has 0 radical (unpaired) electrons. The molecule has 0 amide bonds. The third kappa shape index (κ3) is 5.86. The number of hydrogen-bond acceptors (Lipinski definition) is 5. The molecule has 4 atom stereocenters. The molecule has 2 fully saturated rings. The second-order valence-electron chi connectivity index (χ2n) is 10.5. The second kappa shape index (κ2) is 11.4. The summed E-state index contributed by atoms with van der Waals surface area (Å²) in [5.74, 6) is -1.44. The molecule has 0 aliphatic carbocycles. The highest BCUT2D eigenvalue weighted by Gasteiger charge is 2.33. The normalized spacial score (nSPS) is 21.3. The average molecular weight is 505 g/mol. The van der Waals surface area contributed by atoms with Gasteiger partial charge in [-0.05, 0) is 87.0 Å². The van der Waals surface area contributed by atoms with Crippen LogP contribution < -0.4 is 10.6 Å². The Labute approximate surface area is 217 Å². The van der Waals surface area contributed by atoms with Gasteiger partial charge in [-0.25, -0.2) is 4.98 Å². The van der Waals surface area contributed by atoms with Crippen molar-refractivity contribution in [2.75, 3.05) is 26.2 Å². The Morgan fingerprint density at radius 2 is 1.54 bits per heavy atom. The van der Waals surface area contributed by atoms with Crippen LogP contribution in [0.4, 0.5) is 0 Å². The SMILES string of the molecule is O=C(O)[C@@H](Cc1ccc2c(c1)nc(C[C@H](C(=O)O)[C@H]1CCNC1)n2CCc1ccccc1)[C@H]1CCNC1. The standard InChI is InChI=1S/C29H36N4O4/c34-28(35)23(21-8-11-30-17-21)14-20-6-7-26-25(15-20)32-27(16-24(29(36)37)22-9-12-31-18-22)33(26)13-10-19-4-2-1-3-5-19/h1-7,15,21-24,30-31H,8-14,16-18H2,(H,34,35)(H,36,37)/t21-,22-,23-,24-/m0/s1. The van der Waals surface area contributed by atoms with E-state index in [1.807, 2.05) is 36.4 Å². The summed E-state index contributed by atoms with van der Waals surface area (Å²) in [4.78, 5) is 29.2. The number of carbonyl (C=O) groups is 2. The van der Waals surface area contributed by atoms with Gasteiger partial charge in [0.05, 0.1) is 22.9 Å². The minimum absolute atomic E-state index is 0.0896. The molecule has 2 aliphatic rings. The predicted molar refractivity (Wildman–Crippen MR) is 141 cm³/mol. The third-order valence-corrected chi connectivity index (χ3v) is 8.19. The lowest BCUT2D eigenvalue weighted by atomic mass is 9.86. The van der Waals surface area contributed by atoms with Gasteiger partial charge in [0.15, 0.2) is 0 Å². The molecule has 5 rings (SSSR count). The molecule has 8 heteroatoms. The maximum absolute atomic E-state index is 12.2. The number of hydrogen-bond donors (Lipinski definition) is 4. The Morgan fingerprint density at radius 1 is 0.892 bits per heavy atom. The quantitative estimate of drug-likeness (QED) is 0.317. The maximum Gasteiger partial charge on any atom is 0.307 e. The van der Waals surface area contributed by atoms with Gasteiger partial charge in [-0.2, -0.15) is 0 Å². The lowest BCUT2D eigenvalue weighted by molar-refractivity contribution is -0.144. The van der Waals surface area contributed by atoms with Crippen molar-refractivity contribution in [3.63, 3.8) is 0 Å². The summed E-state index contributed by atoms with van der Waals surface area (Å²) in [6.45, 7) is 3.88. The second-order valence-corrected chi connectivity index (χ2v) is 10.5. The van der Waals surface area contributed by atoms with Gasteiger partial charge in [0.2, 0.25) is 0 Å². The average Bonchev–Trinajstić information content (AvgIpc) is 3.66. The molecule has 0 saturated carbocycles. The fraction of sp³-hybridized carbons (Fsp3) is 0.483. The summed E-state index contributed by atoms with van der Waals surface area (Å²) in [6.07, 6.45) is 3.41. The van der Waals surface area contributed by atoms with Gasteiger partial charge >= 0.3 is 11.9 Å². The first-order chi connectivity index (χ1) is 18.0. The molecule has 4 N–H and O–H groups in total. The van der Waals surface area contributed by atoms with Crippen LogP contribution in [0.25, 0.3) is 11.0 Å². The molecule has 1 aromatic heterocycles. The Hall–Kier alpha value is -3.23. The first kappa shape index (κ1) is 25.4. The van der Waals surface area contributed by atoms with E-state index < -0.39 is 23.8 Å². The van der Waals surface area contributed by atoms with E-state index in [1.165, 1.54) is 5.56 Å². The number of nitrogens with zero attached hydrogens (tertiary/aromatic N) is 2. The maximum atomic E-state index is 12.2. The number of imidazole rings is 1. The van der Waals surface area contributed by atoms with Gasteiger partial charge in [-0.15, -0.1) is 0 Å². The van der Waals surface area contributed by atoms with Crippen LogP contribution in [0, 0.1) is 23.7 Å². The first-order valence-corrected chi connectivity index (χ1v) is 13.4. The molecular formula is C29H36N4O4. The van der Waals surface area contributed by atoms with Gasteiger partial charge in [0.25, 0.3) is 0 Å². The number of rotatable bonds is 11. The van der Waals surface area contributed by atoms with Crippen molar-refractivity contribution in [3.05, 3.63) is 65.5 Å². The summed E-state index contributed by atoms with van der Waals surface area (Å²) < 4.78 is 2.17. The highest BCUT2D eigenvalue weighted by Crippen LogP contribution is 2.28. The van der Waals surface area contributed by atoms with Crippen molar-refractivity contribution in [2.45, 2.75) is 38.6 Å². The molecule has 0 spiro atoms. The van der Waals surface area contributed by atoms with E-state index in [9.17, 15) is 19.8 Å². The molecular weight excluding hydrogens is 468 g/mol. The van der Waals surface area contributed by atoms with Gasteiger partial charge in [0.1, 0.15) is 5.82 Å². The van der Waals surface area contributed by atoms with Gasteiger partial charge in [-0.3, -0.25) is 9.59 Å². The zero-order valence-electron chi connectivity index (χ0n) is 21.1. The smallest absolute Gasteiger partial charge is 0.307 e. The molecule has 2 aromatic carbocycles. The van der Waals surface area contributed by atoms with E-state index >= 15 is 0 Å². The molecule has 2 saturated heterocycles. The van der Waals surface area contributed by atoms with E-state index in [4.69, 9.17) is 4.98 Å². The highest BCUT2D eigenvalue weighted by molar-refractivity contribution is 5.78. The number of carboxylic acids is 2. The highest BCUT2D eigenvalue weighted by atomic mass is 16.4. The Morgan fingerprint density at radius 3 is 2.14 bits per heavy atom. The summed E-state index contributed by atoms with van der Waals surface area (Å²) in [5.41, 5.74) is 3.96. The van der Waals surface area contributed by atoms with Crippen molar-refractivity contribution in [3.8, 4) is 0 Å². The van der Waals surface area contributed by atoms with Crippen LogP contribution in [0.2, 0.25) is 0 Å². The molecule has 37 heavy (non-hydrogen) atoms. The number of aliphatic carboxylic acids is 2. The van der Waals surface area contributed by atoms with Gasteiger partial charge in [0, 0.05) is 13.0 Å². The van der Waals surface area contributed by atoms with E-state index in [0.29, 0.717) is 19.4 Å². The Balaban J connectivity index is 1.45. The largest absolute Gasteiger partial charge is 0.481 e. The third-order valence-electron chi connectivity index (χ3n) is 8.19. The van der Waals surface area contributed by atoms with Crippen molar-refractivity contribution >= 4 is 23.0 Å². The number of nitrogens with one attached hydrogen (secondary N) is 2. The fourth-order valence-electron chi connectivity index (χ4n) is 6.05. The van der Waals surface area contributed by atoms with E-state index in [-0.39, 0.29) is 11.8 Å². The van der Waals surface area contributed by atoms with Crippen LogP contribution in [-0.2, 0) is 35.4 Å². The molecule has 3 heterocycles. The van der Waals surface area contributed by atoms with Crippen molar-refractivity contribution < 1.29 is 19.8 Å². The monoisotopic (exact) mass is 504 g/mol. The first-order valence-electron chi connectivity index (χ1n) is 13.4. The lowest BCUT2D eigenvalue weighted by Crippen LogP contribution is -2.28. The Kier molecular flexibility index (Phi) is 7.86. The van der Waals surface area contributed by atoms with Crippen LogP contribution in [0.5, 0.6) is 0 Å². The summed E-state index contributed by atoms with van der Waals surface area (Å²) in [7, 11) is 0. The number of carboxylic acid groups (broad SMARTS) is 2. The molecule has 0 unspecified atom stereocenters. The summed E-state index contributed by atoms with van der Waals surface area (Å²) in [5, 5.41) is 26.5. The molecule has 2 aliphatic heterocycles. The summed E-state index contributed by atoms with van der Waals surface area (Å²) in [6, 6.07) is 16.3. The molecule has 0 bridgehead atoms. The topological polar surface area (TPSA) is 116 Å². The van der Waals surface area contributed by atoms with Crippen molar-refractivity contribution in [1.82, 2.24) is 20.2 Å². The van der Waals surface area contributed by atoms with Crippen LogP contribution >= 0.6 is 0 Å². The molecule has 196 valence electrons. The van der Waals surface area contributed by atoms with Crippen molar-refractivity contribution in [1.29, 1.82) is 0 Å². The number of aromatic nitrogens is 2. The molecule has 3 aromatic rings. The van der Waals surface area contributed by atoms with Crippen molar-refractivity contribution in [2.24, 2.45) is 23.7 Å². The number of aryl methyl sites for hydroxylation is 2. The number of benzene rings is 2. The van der Waals surface area contributed by atoms with E-state index in [2.05, 4.69) is 27.3 Å². The van der Waals surface area contributed by atoms with Crippen LogP contribution in [0.1, 0.15) is 29.8 Å². The zero-order chi connectivity index (χ0) is 25.8. The lowest BCUT2D eigenvalue weighted by Gasteiger charge is -2.19. The predicted octanol–water partition coefficient (Wildman–Crippen LogP) is 2.98. The minimum atomic E-state index is -0.773. The van der Waals surface area contributed by atoms with E-state index in [1.54, 1.807) is 0 Å². The van der Waals surface area contributed by atoms with Crippen LogP contribution in [0.3, 0.4) is 0 Å². The zero-order valence-corrected chi connectivity index (χ0v) is 21.1. The van der Waals surface area contributed by atoms with Gasteiger partial charge in [-0.1, -0.05) is 36.4 Å². The number of fused-ring (bicyclic) bond motifs is 1.